The first-order valence-electron chi connectivity index (χ1n) is 9.56. The van der Waals surface area contributed by atoms with E-state index in [1.54, 1.807) is 36.5 Å². The summed E-state index contributed by atoms with van der Waals surface area (Å²) in [5, 5.41) is 3.17. The van der Waals surface area contributed by atoms with Crippen molar-refractivity contribution >= 4 is 16.8 Å². The molecule has 0 saturated heterocycles. The Balaban J connectivity index is 1.69. The van der Waals surface area contributed by atoms with Gasteiger partial charge in [0.15, 0.2) is 0 Å². The van der Waals surface area contributed by atoms with Gasteiger partial charge in [0, 0.05) is 6.20 Å². The van der Waals surface area contributed by atoms with Crippen LogP contribution in [0.3, 0.4) is 0 Å². The van der Waals surface area contributed by atoms with Crippen LogP contribution in [0, 0.1) is 0 Å². The monoisotopic (exact) mass is 400 g/mol. The molecular weight excluding hydrogens is 380 g/mol. The molecule has 1 amide bonds. The summed E-state index contributed by atoms with van der Waals surface area (Å²) in [6.07, 6.45) is 1.65. The van der Waals surface area contributed by atoms with Crippen LogP contribution in [0.2, 0.25) is 0 Å². The minimum Gasteiger partial charge on any atom is -0.349 e. The summed E-state index contributed by atoms with van der Waals surface area (Å²) in [6, 6.07) is 21.6. The average molecular weight is 400 g/mol. The molecule has 0 aliphatic rings. The quantitative estimate of drug-likeness (QED) is 0.536. The largest absolute Gasteiger partial charge is 0.349 e. The molecular formula is C23H20N4O3. The van der Waals surface area contributed by atoms with Crippen LogP contribution in [0.4, 0.5) is 0 Å². The number of hydrogen-bond acceptors (Lipinski definition) is 4. The highest BCUT2D eigenvalue weighted by Gasteiger charge is 2.15. The van der Waals surface area contributed by atoms with Crippen molar-refractivity contribution in [3.63, 3.8) is 0 Å². The zero-order chi connectivity index (χ0) is 20.9. The molecule has 0 atom stereocenters. The van der Waals surface area contributed by atoms with Crippen LogP contribution in [0.1, 0.15) is 11.3 Å². The molecule has 4 rings (SSSR count). The first kappa shape index (κ1) is 19.3. The van der Waals surface area contributed by atoms with Gasteiger partial charge in [-0.1, -0.05) is 48.5 Å². The van der Waals surface area contributed by atoms with Crippen molar-refractivity contribution in [3.05, 3.63) is 111 Å². The highest BCUT2D eigenvalue weighted by Crippen LogP contribution is 2.08. The number of aromatic nitrogens is 3. The van der Waals surface area contributed by atoms with Gasteiger partial charge in [-0.15, -0.1) is 0 Å². The molecule has 0 fully saturated rings. The van der Waals surface area contributed by atoms with Crippen molar-refractivity contribution in [3.8, 4) is 0 Å². The number of amides is 1. The number of fused-ring (bicyclic) bond motifs is 1. The molecule has 2 heterocycles. The van der Waals surface area contributed by atoms with Crippen LogP contribution in [0.5, 0.6) is 0 Å². The van der Waals surface area contributed by atoms with Gasteiger partial charge in [-0.3, -0.25) is 23.7 Å². The van der Waals surface area contributed by atoms with Crippen molar-refractivity contribution in [2.75, 3.05) is 0 Å². The zero-order valence-corrected chi connectivity index (χ0v) is 16.2. The smallest absolute Gasteiger partial charge is 0.332 e. The molecule has 1 N–H and O–H groups in total. The summed E-state index contributed by atoms with van der Waals surface area (Å²) >= 11 is 0. The SMILES string of the molecule is O=C(Cn1c(=O)n(Cc2ccccc2)c(=O)c2ccccc21)NCc1ccccn1. The normalized spacial score (nSPS) is 10.8. The number of hydrogen-bond donors (Lipinski definition) is 1. The molecule has 7 heteroatoms. The molecule has 0 aliphatic carbocycles. The molecule has 0 radical (unpaired) electrons. The molecule has 2 aromatic heterocycles. The summed E-state index contributed by atoms with van der Waals surface area (Å²) in [5.41, 5.74) is 1.10. The number of nitrogens with one attached hydrogen (secondary N) is 1. The van der Waals surface area contributed by atoms with Gasteiger partial charge < -0.3 is 5.32 Å². The molecule has 0 aliphatic heterocycles. The van der Waals surface area contributed by atoms with Crippen molar-refractivity contribution in [2.45, 2.75) is 19.6 Å². The second-order valence-corrected chi connectivity index (χ2v) is 6.86. The lowest BCUT2D eigenvalue weighted by Gasteiger charge is -2.14. The predicted molar refractivity (Wildman–Crippen MR) is 114 cm³/mol. The minimum atomic E-state index is -0.518. The van der Waals surface area contributed by atoms with Gasteiger partial charge in [0.1, 0.15) is 6.54 Å². The fourth-order valence-electron chi connectivity index (χ4n) is 3.32. The lowest BCUT2D eigenvalue weighted by Crippen LogP contribution is -2.42. The Kier molecular flexibility index (Phi) is 5.52. The van der Waals surface area contributed by atoms with Gasteiger partial charge in [0.25, 0.3) is 5.56 Å². The van der Waals surface area contributed by atoms with E-state index in [0.717, 1.165) is 11.3 Å². The number of pyridine rings is 1. The minimum absolute atomic E-state index is 0.138. The summed E-state index contributed by atoms with van der Waals surface area (Å²) < 4.78 is 2.51. The average Bonchev–Trinajstić information content (AvgIpc) is 2.79. The number of rotatable bonds is 6. The first-order valence-corrected chi connectivity index (χ1v) is 9.56. The standard InChI is InChI=1S/C23H20N4O3/c28-21(25-14-18-10-6-7-13-24-18)16-26-20-12-5-4-11-19(20)22(29)27(23(26)30)15-17-8-2-1-3-9-17/h1-13H,14-16H2,(H,25,28). The van der Waals surface area contributed by atoms with Gasteiger partial charge in [-0.2, -0.15) is 0 Å². The van der Waals surface area contributed by atoms with Crippen LogP contribution in [-0.4, -0.2) is 20.0 Å². The van der Waals surface area contributed by atoms with E-state index in [1.807, 2.05) is 42.5 Å². The third-order valence-electron chi connectivity index (χ3n) is 4.81. The molecule has 0 bridgehead atoms. The highest BCUT2D eigenvalue weighted by atomic mass is 16.2. The second-order valence-electron chi connectivity index (χ2n) is 6.86. The predicted octanol–water partition coefficient (Wildman–Crippen LogP) is 1.92. The third kappa shape index (κ3) is 4.05. The molecule has 2 aromatic carbocycles. The van der Waals surface area contributed by atoms with Crippen molar-refractivity contribution in [2.24, 2.45) is 0 Å². The van der Waals surface area contributed by atoms with Gasteiger partial charge in [0.2, 0.25) is 5.91 Å². The number of carbonyl (C=O) groups excluding carboxylic acids is 1. The maximum absolute atomic E-state index is 13.2. The van der Waals surface area contributed by atoms with E-state index in [4.69, 9.17) is 0 Å². The molecule has 30 heavy (non-hydrogen) atoms. The van der Waals surface area contributed by atoms with Crippen molar-refractivity contribution in [1.29, 1.82) is 0 Å². The van der Waals surface area contributed by atoms with Crippen LogP contribution in [0.15, 0.2) is 88.6 Å². The Morgan fingerprint density at radius 1 is 0.867 bits per heavy atom. The van der Waals surface area contributed by atoms with Crippen LogP contribution >= 0.6 is 0 Å². The van der Waals surface area contributed by atoms with E-state index in [1.165, 1.54) is 9.13 Å². The highest BCUT2D eigenvalue weighted by molar-refractivity contribution is 5.81. The lowest BCUT2D eigenvalue weighted by atomic mass is 10.2. The van der Waals surface area contributed by atoms with Gasteiger partial charge in [-0.25, -0.2) is 4.79 Å². The Morgan fingerprint density at radius 2 is 1.60 bits per heavy atom. The second kappa shape index (κ2) is 8.57. The molecule has 7 nitrogen and oxygen atoms in total. The number of benzene rings is 2. The number of carbonyl (C=O) groups is 1. The van der Waals surface area contributed by atoms with E-state index in [-0.39, 0.29) is 31.1 Å². The summed E-state index contributed by atoms with van der Waals surface area (Å²) in [6.45, 7) is 0.205. The first-order chi connectivity index (χ1) is 14.6. The fraction of sp³-hybridized carbons (Fsp3) is 0.130. The van der Waals surface area contributed by atoms with Crippen LogP contribution in [0.25, 0.3) is 10.9 Å². The Morgan fingerprint density at radius 3 is 2.37 bits per heavy atom. The van der Waals surface area contributed by atoms with Crippen LogP contribution in [-0.2, 0) is 24.4 Å². The van der Waals surface area contributed by atoms with E-state index < -0.39 is 5.69 Å². The maximum Gasteiger partial charge on any atom is 0.332 e. The molecule has 0 spiro atoms. The number of nitrogens with zero attached hydrogens (tertiary/aromatic N) is 3. The molecule has 4 aromatic rings. The summed E-state index contributed by atoms with van der Waals surface area (Å²) in [7, 11) is 0. The van der Waals surface area contributed by atoms with Crippen molar-refractivity contribution in [1.82, 2.24) is 19.4 Å². The summed E-state index contributed by atoms with van der Waals surface area (Å²) in [5.74, 6) is -0.335. The van der Waals surface area contributed by atoms with E-state index >= 15 is 0 Å². The molecule has 150 valence electrons. The van der Waals surface area contributed by atoms with E-state index in [2.05, 4.69) is 10.3 Å². The van der Waals surface area contributed by atoms with Crippen LogP contribution < -0.4 is 16.6 Å². The fourth-order valence-corrected chi connectivity index (χ4v) is 3.32. The van der Waals surface area contributed by atoms with Crippen molar-refractivity contribution < 1.29 is 4.79 Å². The molecule has 0 saturated carbocycles. The maximum atomic E-state index is 13.2. The van der Waals surface area contributed by atoms with Gasteiger partial charge in [0.05, 0.1) is 29.7 Å². The molecule has 0 unspecified atom stereocenters. The van der Waals surface area contributed by atoms with Gasteiger partial charge in [-0.05, 0) is 29.8 Å². The Labute approximate surface area is 172 Å². The van der Waals surface area contributed by atoms with Gasteiger partial charge >= 0.3 is 5.69 Å². The third-order valence-corrected chi connectivity index (χ3v) is 4.81. The Hall–Kier alpha value is -4.00. The zero-order valence-electron chi connectivity index (χ0n) is 16.2. The lowest BCUT2D eigenvalue weighted by molar-refractivity contribution is -0.121. The summed E-state index contributed by atoms with van der Waals surface area (Å²) in [4.78, 5) is 42.8. The topological polar surface area (TPSA) is 86.0 Å². The Bertz CT molecular complexity index is 1300. The van der Waals surface area contributed by atoms with E-state index in [0.29, 0.717) is 10.9 Å². The number of para-hydroxylation sites is 1. The van der Waals surface area contributed by atoms with E-state index in [9.17, 15) is 14.4 Å².